The average Bonchev–Trinajstić information content (AvgIpc) is 3.09. The van der Waals surface area contributed by atoms with E-state index in [4.69, 9.17) is 11.5 Å². The lowest BCUT2D eigenvalue weighted by Gasteiger charge is -2.11. The van der Waals surface area contributed by atoms with Crippen LogP contribution in [0.5, 0.6) is 0 Å². The fourth-order valence-corrected chi connectivity index (χ4v) is 2.82. The zero-order valence-electron chi connectivity index (χ0n) is 13.1. The Bertz CT molecular complexity index is 1100. The minimum absolute atomic E-state index is 0.408. The number of rotatable bonds is 3. The van der Waals surface area contributed by atoms with Crippen LogP contribution in [-0.2, 0) is 0 Å². The molecular formula is C18H14N6O. The fourth-order valence-electron chi connectivity index (χ4n) is 2.82. The van der Waals surface area contributed by atoms with E-state index in [1.807, 2.05) is 30.3 Å². The Balaban J connectivity index is 2.03. The van der Waals surface area contributed by atoms with Gasteiger partial charge in [0.15, 0.2) is 5.65 Å². The van der Waals surface area contributed by atoms with Gasteiger partial charge in [0.2, 0.25) is 5.91 Å². The van der Waals surface area contributed by atoms with E-state index in [-0.39, 0.29) is 0 Å². The van der Waals surface area contributed by atoms with Crippen LogP contribution in [0.25, 0.3) is 33.4 Å². The van der Waals surface area contributed by atoms with Gasteiger partial charge < -0.3 is 11.5 Å². The highest BCUT2D eigenvalue weighted by atomic mass is 16.1. The number of nitrogens with one attached hydrogen (secondary N) is 1. The molecule has 7 heteroatoms. The maximum absolute atomic E-state index is 11.5. The molecule has 4 rings (SSSR count). The molecule has 0 aliphatic carbocycles. The van der Waals surface area contributed by atoms with Gasteiger partial charge in [-0.25, -0.2) is 0 Å². The van der Waals surface area contributed by atoms with Crippen molar-refractivity contribution in [3.05, 3.63) is 60.3 Å². The molecule has 0 saturated carbocycles. The van der Waals surface area contributed by atoms with Crippen LogP contribution in [0.1, 0.15) is 10.4 Å². The van der Waals surface area contributed by atoms with Crippen LogP contribution in [0.3, 0.4) is 0 Å². The summed E-state index contributed by atoms with van der Waals surface area (Å²) in [6, 6.07) is 14.5. The quantitative estimate of drug-likeness (QED) is 0.497. The van der Waals surface area contributed by atoms with Gasteiger partial charge in [-0.2, -0.15) is 5.10 Å². The highest BCUT2D eigenvalue weighted by Gasteiger charge is 2.17. The molecule has 2 aromatic carbocycles. The number of nitrogens with zero attached hydrogens (tertiary/aromatic N) is 3. The number of fused-ring (bicyclic) bond motifs is 1. The van der Waals surface area contributed by atoms with Crippen LogP contribution in [0, 0.1) is 0 Å². The smallest absolute Gasteiger partial charge is 0.248 e. The summed E-state index contributed by atoms with van der Waals surface area (Å²) < 4.78 is 0. The Morgan fingerprint density at radius 3 is 2.60 bits per heavy atom. The molecule has 0 aliphatic rings. The summed E-state index contributed by atoms with van der Waals surface area (Å²) in [5, 5.41) is 16.2. The third kappa shape index (κ3) is 2.57. The number of aromatic nitrogens is 4. The summed E-state index contributed by atoms with van der Waals surface area (Å²) in [7, 11) is 0. The van der Waals surface area contributed by atoms with Crippen molar-refractivity contribution in [2.24, 2.45) is 5.73 Å². The van der Waals surface area contributed by atoms with E-state index in [1.165, 1.54) is 0 Å². The van der Waals surface area contributed by atoms with Crippen molar-refractivity contribution in [1.29, 1.82) is 0 Å². The Hall–Kier alpha value is -3.74. The first-order chi connectivity index (χ1) is 12.1. The maximum Gasteiger partial charge on any atom is 0.248 e. The Morgan fingerprint density at radius 1 is 1.00 bits per heavy atom. The summed E-state index contributed by atoms with van der Waals surface area (Å²) in [6.45, 7) is 0. The van der Waals surface area contributed by atoms with E-state index in [9.17, 15) is 4.79 Å². The van der Waals surface area contributed by atoms with Crippen LogP contribution in [0.4, 0.5) is 5.69 Å². The number of nitrogens with two attached hydrogens (primary N) is 2. The zero-order chi connectivity index (χ0) is 17.4. The lowest BCUT2D eigenvalue weighted by molar-refractivity contribution is 0.100. The Labute approximate surface area is 142 Å². The number of hydrogen-bond donors (Lipinski definition) is 3. The van der Waals surface area contributed by atoms with Crippen LogP contribution in [0.2, 0.25) is 0 Å². The van der Waals surface area contributed by atoms with E-state index >= 15 is 0 Å². The number of amides is 1. The highest BCUT2D eigenvalue weighted by molar-refractivity contribution is 6.00. The van der Waals surface area contributed by atoms with E-state index in [1.54, 1.807) is 24.4 Å². The van der Waals surface area contributed by atoms with Crippen molar-refractivity contribution >= 4 is 22.6 Å². The first kappa shape index (κ1) is 14.8. The van der Waals surface area contributed by atoms with Crippen molar-refractivity contribution in [2.45, 2.75) is 0 Å². The number of hydrogen-bond acceptors (Lipinski definition) is 5. The van der Waals surface area contributed by atoms with Gasteiger partial charge in [0.05, 0.1) is 11.6 Å². The Kier molecular flexibility index (Phi) is 3.39. The van der Waals surface area contributed by atoms with Crippen molar-refractivity contribution < 1.29 is 4.79 Å². The lowest BCUT2D eigenvalue weighted by atomic mass is 9.96. The van der Waals surface area contributed by atoms with Crippen molar-refractivity contribution in [3.8, 4) is 22.4 Å². The van der Waals surface area contributed by atoms with Crippen LogP contribution >= 0.6 is 0 Å². The molecule has 0 bridgehead atoms. The second-order valence-electron chi connectivity index (χ2n) is 5.63. The van der Waals surface area contributed by atoms with E-state index in [0.29, 0.717) is 22.6 Å². The monoisotopic (exact) mass is 330 g/mol. The summed E-state index contributed by atoms with van der Waals surface area (Å²) >= 11 is 0. The number of carbonyl (C=O) groups excluding carboxylic acids is 1. The minimum atomic E-state index is -0.496. The third-order valence-corrected chi connectivity index (χ3v) is 3.97. The van der Waals surface area contributed by atoms with Gasteiger partial charge in [-0.3, -0.25) is 9.89 Å². The predicted octanol–water partition coefficient (Wildman–Crippen LogP) is 2.37. The van der Waals surface area contributed by atoms with Crippen molar-refractivity contribution in [1.82, 2.24) is 20.4 Å². The van der Waals surface area contributed by atoms with Gasteiger partial charge in [-0.05, 0) is 29.8 Å². The molecule has 0 saturated heterocycles. The standard InChI is InChI=1S/C18H14N6O/c19-13-6-2-3-10(8-13)15-14-9-21-23-18(14)24-22-16(15)11-4-1-5-12(7-11)17(20)25/h1-9H,19H2,(H2,20,25)(H,21,23,24). The van der Waals surface area contributed by atoms with Gasteiger partial charge in [-0.15, -0.1) is 10.2 Å². The molecule has 0 fully saturated rings. The third-order valence-electron chi connectivity index (χ3n) is 3.97. The van der Waals surface area contributed by atoms with Crippen LogP contribution in [-0.4, -0.2) is 26.3 Å². The SMILES string of the molecule is NC(=O)c1cccc(-c2nnc3[nH]ncc3c2-c2cccc(N)c2)c1. The van der Waals surface area contributed by atoms with E-state index < -0.39 is 5.91 Å². The molecule has 2 aromatic heterocycles. The molecule has 0 atom stereocenters. The molecule has 4 aromatic rings. The molecule has 0 unspecified atom stereocenters. The summed E-state index contributed by atoms with van der Waals surface area (Å²) in [6.07, 6.45) is 1.70. The largest absolute Gasteiger partial charge is 0.399 e. The lowest BCUT2D eigenvalue weighted by Crippen LogP contribution is -2.10. The molecule has 0 aliphatic heterocycles. The van der Waals surface area contributed by atoms with Gasteiger partial charge in [0.1, 0.15) is 5.69 Å². The maximum atomic E-state index is 11.5. The first-order valence-corrected chi connectivity index (χ1v) is 7.59. The van der Waals surface area contributed by atoms with Crippen LogP contribution in [0.15, 0.2) is 54.7 Å². The highest BCUT2D eigenvalue weighted by Crippen LogP contribution is 2.35. The van der Waals surface area contributed by atoms with Gasteiger partial charge in [0.25, 0.3) is 0 Å². The molecule has 0 spiro atoms. The second kappa shape index (κ2) is 5.72. The first-order valence-electron chi connectivity index (χ1n) is 7.59. The molecule has 2 heterocycles. The number of carbonyl (C=O) groups is 1. The van der Waals surface area contributed by atoms with Gasteiger partial charge in [-0.1, -0.05) is 24.3 Å². The van der Waals surface area contributed by atoms with E-state index in [0.717, 1.165) is 22.1 Å². The summed E-state index contributed by atoms with van der Waals surface area (Å²) in [5.74, 6) is -0.496. The number of benzene rings is 2. The summed E-state index contributed by atoms with van der Waals surface area (Å²) in [5.41, 5.74) is 16.1. The van der Waals surface area contributed by atoms with Crippen molar-refractivity contribution in [2.75, 3.05) is 5.73 Å². The molecule has 25 heavy (non-hydrogen) atoms. The number of nitrogen functional groups attached to an aromatic ring is 1. The molecule has 122 valence electrons. The second-order valence-corrected chi connectivity index (χ2v) is 5.63. The molecule has 5 N–H and O–H groups in total. The van der Waals surface area contributed by atoms with Gasteiger partial charge >= 0.3 is 0 Å². The number of aromatic amines is 1. The minimum Gasteiger partial charge on any atom is -0.399 e. The molecule has 1 amide bonds. The van der Waals surface area contributed by atoms with Crippen LogP contribution < -0.4 is 11.5 Å². The normalized spacial score (nSPS) is 10.9. The Morgan fingerprint density at radius 2 is 1.80 bits per heavy atom. The molecular weight excluding hydrogens is 316 g/mol. The number of H-pyrrole nitrogens is 1. The topological polar surface area (TPSA) is 124 Å². The molecule has 0 radical (unpaired) electrons. The predicted molar refractivity (Wildman–Crippen MR) is 95.5 cm³/mol. The number of anilines is 1. The van der Waals surface area contributed by atoms with E-state index in [2.05, 4.69) is 20.4 Å². The van der Waals surface area contributed by atoms with Gasteiger partial charge in [0, 0.05) is 22.4 Å². The molecule has 7 nitrogen and oxygen atoms in total. The summed E-state index contributed by atoms with van der Waals surface area (Å²) in [4.78, 5) is 11.5. The fraction of sp³-hybridized carbons (Fsp3) is 0. The van der Waals surface area contributed by atoms with Crippen molar-refractivity contribution in [3.63, 3.8) is 0 Å². The average molecular weight is 330 g/mol. The zero-order valence-corrected chi connectivity index (χ0v) is 13.1. The number of primary amides is 1.